The maximum absolute atomic E-state index is 12.6. The Morgan fingerprint density at radius 2 is 1.69 bits per heavy atom. The van der Waals surface area contributed by atoms with E-state index >= 15 is 0 Å². The van der Waals surface area contributed by atoms with Gasteiger partial charge in [0.05, 0.1) is 23.8 Å². The minimum Gasteiger partial charge on any atom is -0.345 e. The Balaban J connectivity index is 1.35. The van der Waals surface area contributed by atoms with Crippen LogP contribution < -0.4 is 0 Å². The topological polar surface area (TPSA) is 69.3 Å². The molecule has 4 rings (SSSR count). The van der Waals surface area contributed by atoms with Crippen LogP contribution in [-0.2, 0) is 11.2 Å². The number of piperazine rings is 1. The third kappa shape index (κ3) is 3.31. The molecule has 1 saturated heterocycles. The van der Waals surface area contributed by atoms with Crippen LogP contribution in [0.4, 0.5) is 0 Å². The number of hydrogen-bond donors (Lipinski definition) is 1. The quantitative estimate of drug-likeness (QED) is 0.788. The molecule has 1 aliphatic heterocycles. The highest BCUT2D eigenvalue weighted by Crippen LogP contribution is 2.14. The summed E-state index contributed by atoms with van der Waals surface area (Å²) >= 11 is 0. The number of amides is 2. The zero-order chi connectivity index (χ0) is 17.9. The van der Waals surface area contributed by atoms with Gasteiger partial charge < -0.3 is 14.8 Å². The number of benzene rings is 2. The lowest BCUT2D eigenvalue weighted by atomic mass is 10.1. The van der Waals surface area contributed by atoms with Crippen molar-refractivity contribution in [3.05, 3.63) is 66.0 Å². The predicted molar refractivity (Wildman–Crippen MR) is 98.7 cm³/mol. The molecule has 0 spiro atoms. The number of nitrogens with one attached hydrogen (secondary N) is 1. The largest absolute Gasteiger partial charge is 0.345 e. The van der Waals surface area contributed by atoms with Gasteiger partial charge in [-0.15, -0.1) is 0 Å². The van der Waals surface area contributed by atoms with E-state index in [9.17, 15) is 9.59 Å². The molecule has 3 aromatic rings. The van der Waals surface area contributed by atoms with Gasteiger partial charge in [-0.25, -0.2) is 4.98 Å². The first-order valence-electron chi connectivity index (χ1n) is 8.75. The van der Waals surface area contributed by atoms with Crippen LogP contribution in [-0.4, -0.2) is 57.8 Å². The van der Waals surface area contributed by atoms with Gasteiger partial charge in [-0.1, -0.05) is 24.3 Å². The Hall–Kier alpha value is -3.15. The van der Waals surface area contributed by atoms with Crippen molar-refractivity contribution in [2.75, 3.05) is 26.2 Å². The molecule has 2 heterocycles. The fourth-order valence-corrected chi connectivity index (χ4v) is 3.30. The Bertz CT molecular complexity index is 927. The summed E-state index contributed by atoms with van der Waals surface area (Å²) in [6.45, 7) is 2.28. The lowest BCUT2D eigenvalue weighted by molar-refractivity contribution is -0.131. The zero-order valence-electron chi connectivity index (χ0n) is 14.4. The van der Waals surface area contributed by atoms with Gasteiger partial charge in [-0.3, -0.25) is 9.59 Å². The van der Waals surface area contributed by atoms with Crippen molar-refractivity contribution in [3.63, 3.8) is 0 Å². The number of carbonyl (C=O) groups is 2. The molecule has 1 N–H and O–H groups in total. The Morgan fingerprint density at radius 3 is 2.46 bits per heavy atom. The van der Waals surface area contributed by atoms with Crippen molar-refractivity contribution in [1.82, 2.24) is 19.8 Å². The van der Waals surface area contributed by atoms with Gasteiger partial charge in [-0.05, 0) is 29.8 Å². The van der Waals surface area contributed by atoms with Gasteiger partial charge in [0, 0.05) is 31.7 Å². The minimum absolute atomic E-state index is 0.0300. The number of rotatable bonds is 3. The number of carbonyl (C=O) groups excluding carboxylic acids is 2. The Labute approximate surface area is 151 Å². The molecule has 0 aliphatic carbocycles. The maximum atomic E-state index is 12.6. The van der Waals surface area contributed by atoms with E-state index in [1.807, 2.05) is 58.3 Å². The molecule has 1 fully saturated rings. The van der Waals surface area contributed by atoms with Crippen LogP contribution >= 0.6 is 0 Å². The first-order valence-corrected chi connectivity index (χ1v) is 8.75. The van der Waals surface area contributed by atoms with Gasteiger partial charge in [0.15, 0.2) is 0 Å². The van der Waals surface area contributed by atoms with E-state index in [1.165, 1.54) is 0 Å². The van der Waals surface area contributed by atoms with Crippen molar-refractivity contribution in [1.29, 1.82) is 0 Å². The minimum atomic E-state index is 0.0300. The highest BCUT2D eigenvalue weighted by atomic mass is 16.2. The van der Waals surface area contributed by atoms with Crippen LogP contribution in [0.2, 0.25) is 0 Å². The molecule has 0 saturated carbocycles. The summed E-state index contributed by atoms with van der Waals surface area (Å²) < 4.78 is 0. The van der Waals surface area contributed by atoms with Gasteiger partial charge in [0.1, 0.15) is 0 Å². The molecular weight excluding hydrogens is 328 g/mol. The van der Waals surface area contributed by atoms with E-state index in [4.69, 9.17) is 0 Å². The van der Waals surface area contributed by atoms with Crippen molar-refractivity contribution in [2.45, 2.75) is 6.42 Å². The summed E-state index contributed by atoms with van der Waals surface area (Å²) in [6.07, 6.45) is 2.01. The van der Waals surface area contributed by atoms with Crippen molar-refractivity contribution < 1.29 is 9.59 Å². The van der Waals surface area contributed by atoms with Crippen LogP contribution in [0.5, 0.6) is 0 Å². The molecule has 0 radical (unpaired) electrons. The first kappa shape index (κ1) is 16.3. The van der Waals surface area contributed by atoms with Crippen LogP contribution in [0.15, 0.2) is 54.9 Å². The molecule has 26 heavy (non-hydrogen) atoms. The Kier molecular flexibility index (Phi) is 4.39. The third-order valence-corrected chi connectivity index (χ3v) is 4.78. The molecule has 1 aliphatic rings. The molecule has 2 aromatic carbocycles. The summed E-state index contributed by atoms with van der Waals surface area (Å²) in [6, 6.07) is 15.1. The van der Waals surface area contributed by atoms with E-state index < -0.39 is 0 Å². The summed E-state index contributed by atoms with van der Waals surface area (Å²) in [4.78, 5) is 36.0. The van der Waals surface area contributed by atoms with Gasteiger partial charge in [0.25, 0.3) is 5.91 Å². The molecule has 0 atom stereocenters. The zero-order valence-corrected chi connectivity index (χ0v) is 14.4. The number of imidazole rings is 1. The lowest BCUT2D eigenvalue weighted by Crippen LogP contribution is -2.51. The highest BCUT2D eigenvalue weighted by molar-refractivity contribution is 5.94. The highest BCUT2D eigenvalue weighted by Gasteiger charge is 2.24. The normalized spacial score (nSPS) is 14.6. The molecule has 2 amide bonds. The summed E-state index contributed by atoms with van der Waals surface area (Å²) in [5.41, 5.74) is 3.50. The molecule has 1 aromatic heterocycles. The van der Waals surface area contributed by atoms with E-state index in [0.717, 1.165) is 16.6 Å². The van der Waals surface area contributed by atoms with Crippen LogP contribution in [0.25, 0.3) is 11.0 Å². The first-order chi connectivity index (χ1) is 12.7. The van der Waals surface area contributed by atoms with Gasteiger partial charge in [-0.2, -0.15) is 0 Å². The SMILES string of the molecule is O=C(Cc1ccc2nc[nH]c2c1)N1CCN(C(=O)c2ccccc2)CC1. The van der Waals surface area contributed by atoms with Crippen molar-refractivity contribution in [2.24, 2.45) is 0 Å². The number of aromatic nitrogens is 2. The number of fused-ring (bicyclic) bond motifs is 1. The summed E-state index contributed by atoms with van der Waals surface area (Å²) in [7, 11) is 0. The molecule has 6 heteroatoms. The maximum Gasteiger partial charge on any atom is 0.253 e. The van der Waals surface area contributed by atoms with Crippen LogP contribution in [0.1, 0.15) is 15.9 Å². The second-order valence-corrected chi connectivity index (χ2v) is 6.47. The number of aromatic amines is 1. The lowest BCUT2D eigenvalue weighted by Gasteiger charge is -2.35. The van der Waals surface area contributed by atoms with E-state index in [1.54, 1.807) is 6.33 Å². The predicted octanol–water partition coefficient (Wildman–Crippen LogP) is 2.09. The fraction of sp³-hybridized carbons (Fsp3) is 0.250. The smallest absolute Gasteiger partial charge is 0.253 e. The number of hydrogen-bond acceptors (Lipinski definition) is 3. The van der Waals surface area contributed by atoms with Crippen LogP contribution in [0.3, 0.4) is 0 Å². The monoisotopic (exact) mass is 348 g/mol. The summed E-state index contributed by atoms with van der Waals surface area (Å²) in [5, 5.41) is 0. The van der Waals surface area contributed by atoms with Crippen LogP contribution in [0, 0.1) is 0 Å². The fourth-order valence-electron chi connectivity index (χ4n) is 3.30. The van der Waals surface area contributed by atoms with Gasteiger partial charge >= 0.3 is 0 Å². The molecule has 132 valence electrons. The average molecular weight is 348 g/mol. The third-order valence-electron chi connectivity index (χ3n) is 4.78. The second-order valence-electron chi connectivity index (χ2n) is 6.47. The molecule has 0 unspecified atom stereocenters. The van der Waals surface area contributed by atoms with Crippen molar-refractivity contribution in [3.8, 4) is 0 Å². The van der Waals surface area contributed by atoms with Gasteiger partial charge in [0.2, 0.25) is 5.91 Å². The van der Waals surface area contributed by atoms with E-state index in [2.05, 4.69) is 9.97 Å². The Morgan fingerprint density at radius 1 is 0.962 bits per heavy atom. The summed E-state index contributed by atoms with van der Waals surface area (Å²) in [5.74, 6) is 0.123. The van der Waals surface area contributed by atoms with Crippen molar-refractivity contribution >= 4 is 22.8 Å². The standard InChI is InChI=1S/C20H20N4O2/c25-19(13-15-6-7-17-18(12-15)22-14-21-17)23-8-10-24(11-9-23)20(26)16-4-2-1-3-5-16/h1-7,12,14H,8-11,13H2,(H,21,22). The molecule has 0 bridgehead atoms. The number of nitrogens with zero attached hydrogens (tertiary/aromatic N) is 3. The second kappa shape index (κ2) is 7.00. The van der Waals surface area contributed by atoms with E-state index in [0.29, 0.717) is 38.2 Å². The average Bonchev–Trinajstić information content (AvgIpc) is 3.16. The molecule has 6 nitrogen and oxygen atoms in total. The number of H-pyrrole nitrogens is 1. The van der Waals surface area contributed by atoms with E-state index in [-0.39, 0.29) is 11.8 Å². The molecular formula is C20H20N4O2.